The normalized spacial score (nSPS) is 24.3. The van der Waals surface area contributed by atoms with Crippen LogP contribution in [0.15, 0.2) is 0 Å². The number of nitrogens with zero attached hydrogens (tertiary/aromatic N) is 4. The molecule has 110 valence electrons. The molecule has 0 saturated carbocycles. The van der Waals surface area contributed by atoms with Gasteiger partial charge in [-0.25, -0.2) is 9.67 Å². The Kier molecular flexibility index (Phi) is 3.43. The minimum atomic E-state index is -0.928. The van der Waals surface area contributed by atoms with Gasteiger partial charge in [-0.05, 0) is 26.2 Å². The largest absolute Gasteiger partial charge is 0.393 e. The molecule has 0 amide bonds. The van der Waals surface area contributed by atoms with Crippen molar-refractivity contribution in [2.24, 2.45) is 7.05 Å². The summed E-state index contributed by atoms with van der Waals surface area (Å²) in [5, 5.41) is 24.8. The maximum atomic E-state index is 10.2. The van der Waals surface area contributed by atoms with Gasteiger partial charge in [-0.15, -0.1) is 0 Å². The highest BCUT2D eigenvalue weighted by atomic mass is 32.1. The fraction of sp³-hybridized carbons (Fsp3) is 0.692. The summed E-state index contributed by atoms with van der Waals surface area (Å²) in [5.74, 6) is 0. The van der Waals surface area contributed by atoms with Crippen LogP contribution in [0.2, 0.25) is 0 Å². The summed E-state index contributed by atoms with van der Waals surface area (Å²) in [5.41, 5.74) is 1.00. The highest BCUT2D eigenvalue weighted by molar-refractivity contribution is 7.22. The van der Waals surface area contributed by atoms with Crippen LogP contribution in [0.3, 0.4) is 0 Å². The molecule has 2 aromatic heterocycles. The van der Waals surface area contributed by atoms with Gasteiger partial charge in [0, 0.05) is 20.1 Å². The van der Waals surface area contributed by atoms with Gasteiger partial charge in [0.2, 0.25) is 0 Å². The fourth-order valence-electron chi connectivity index (χ4n) is 2.74. The SMILES string of the molecule is Cc1nn(C)c2nc(N3CCC[C@](O)(CO)CC3)sc12. The van der Waals surface area contributed by atoms with E-state index < -0.39 is 5.60 Å². The molecule has 1 saturated heterocycles. The zero-order valence-corrected chi connectivity index (χ0v) is 12.7. The summed E-state index contributed by atoms with van der Waals surface area (Å²) < 4.78 is 2.94. The number of thiazole rings is 1. The predicted molar refractivity (Wildman–Crippen MR) is 79.2 cm³/mol. The van der Waals surface area contributed by atoms with Crippen molar-refractivity contribution in [1.82, 2.24) is 14.8 Å². The number of rotatable bonds is 2. The second-order valence-electron chi connectivity index (χ2n) is 5.58. The average Bonchev–Trinajstić information content (AvgIpc) is 2.90. The minimum Gasteiger partial charge on any atom is -0.393 e. The molecular weight excluding hydrogens is 276 g/mol. The van der Waals surface area contributed by atoms with E-state index >= 15 is 0 Å². The minimum absolute atomic E-state index is 0.163. The van der Waals surface area contributed by atoms with E-state index in [9.17, 15) is 10.2 Å². The maximum absolute atomic E-state index is 10.2. The third-order valence-corrected chi connectivity index (χ3v) is 5.23. The first-order valence-electron chi connectivity index (χ1n) is 6.91. The number of hydrogen-bond donors (Lipinski definition) is 2. The first-order chi connectivity index (χ1) is 9.52. The highest BCUT2D eigenvalue weighted by Gasteiger charge is 2.30. The molecule has 2 aromatic rings. The van der Waals surface area contributed by atoms with E-state index in [4.69, 9.17) is 0 Å². The van der Waals surface area contributed by atoms with Crippen LogP contribution in [0.25, 0.3) is 10.3 Å². The molecule has 0 bridgehead atoms. The van der Waals surface area contributed by atoms with Crippen molar-refractivity contribution < 1.29 is 10.2 Å². The van der Waals surface area contributed by atoms with Gasteiger partial charge in [0.05, 0.1) is 22.6 Å². The van der Waals surface area contributed by atoms with E-state index in [2.05, 4.69) is 15.0 Å². The molecule has 1 atom stereocenters. The van der Waals surface area contributed by atoms with E-state index in [1.165, 1.54) is 0 Å². The Morgan fingerprint density at radius 1 is 1.35 bits per heavy atom. The van der Waals surface area contributed by atoms with Crippen LogP contribution in [0.4, 0.5) is 5.13 Å². The number of hydrogen-bond acceptors (Lipinski definition) is 6. The van der Waals surface area contributed by atoms with E-state index in [-0.39, 0.29) is 6.61 Å². The van der Waals surface area contributed by atoms with Crippen molar-refractivity contribution in [1.29, 1.82) is 0 Å². The lowest BCUT2D eigenvalue weighted by molar-refractivity contribution is -0.0232. The van der Waals surface area contributed by atoms with Gasteiger partial charge in [-0.3, -0.25) is 0 Å². The van der Waals surface area contributed by atoms with Crippen LogP contribution >= 0.6 is 11.3 Å². The van der Waals surface area contributed by atoms with Crippen molar-refractivity contribution in [2.45, 2.75) is 31.8 Å². The summed E-state index contributed by atoms with van der Waals surface area (Å²) >= 11 is 1.66. The second-order valence-corrected chi connectivity index (χ2v) is 6.56. The molecule has 6 nitrogen and oxygen atoms in total. The lowest BCUT2D eigenvalue weighted by Crippen LogP contribution is -2.34. The van der Waals surface area contributed by atoms with Gasteiger partial charge < -0.3 is 15.1 Å². The molecule has 0 radical (unpaired) electrons. The third kappa shape index (κ3) is 2.30. The Labute approximate surface area is 121 Å². The molecule has 2 N–H and O–H groups in total. The molecule has 3 heterocycles. The van der Waals surface area contributed by atoms with Crippen molar-refractivity contribution >= 4 is 26.8 Å². The Morgan fingerprint density at radius 2 is 2.15 bits per heavy atom. The van der Waals surface area contributed by atoms with Crippen molar-refractivity contribution in [3.8, 4) is 0 Å². The van der Waals surface area contributed by atoms with Crippen molar-refractivity contribution in [2.75, 3.05) is 24.6 Å². The van der Waals surface area contributed by atoms with Gasteiger partial charge >= 0.3 is 0 Å². The molecule has 1 fully saturated rings. The molecule has 0 spiro atoms. The van der Waals surface area contributed by atoms with Crippen LogP contribution in [-0.2, 0) is 7.05 Å². The van der Waals surface area contributed by atoms with Crippen LogP contribution in [0, 0.1) is 6.92 Å². The van der Waals surface area contributed by atoms with E-state index in [1.54, 1.807) is 11.3 Å². The van der Waals surface area contributed by atoms with Crippen LogP contribution in [-0.4, -0.2) is 50.3 Å². The Hall–Kier alpha value is -1.18. The number of fused-ring (bicyclic) bond motifs is 1. The molecule has 3 rings (SSSR count). The summed E-state index contributed by atoms with van der Waals surface area (Å²) in [4.78, 5) is 6.88. The molecule has 0 aliphatic carbocycles. The van der Waals surface area contributed by atoms with Gasteiger partial charge in [-0.2, -0.15) is 5.10 Å². The Bertz CT molecular complexity index is 589. The fourth-order valence-corrected chi connectivity index (χ4v) is 3.82. The molecule has 20 heavy (non-hydrogen) atoms. The van der Waals surface area contributed by atoms with Crippen LogP contribution in [0.5, 0.6) is 0 Å². The molecule has 1 aliphatic heterocycles. The third-order valence-electron chi connectivity index (χ3n) is 4.02. The standard InChI is InChI=1S/C13H20N4O2S/c1-9-10-11(16(2)15-9)14-12(20-10)17-6-3-4-13(19,8-18)5-7-17/h18-19H,3-8H2,1-2H3/t13-/m1/s1. The second kappa shape index (κ2) is 4.98. The summed E-state index contributed by atoms with van der Waals surface area (Å²) in [6.07, 6.45) is 2.09. The van der Waals surface area contributed by atoms with Crippen molar-refractivity contribution in [3.05, 3.63) is 5.69 Å². The molecular formula is C13H20N4O2S. The van der Waals surface area contributed by atoms with Gasteiger partial charge in [0.1, 0.15) is 0 Å². The van der Waals surface area contributed by atoms with Gasteiger partial charge in [0.15, 0.2) is 10.8 Å². The molecule has 7 heteroatoms. The number of aliphatic hydroxyl groups is 2. The smallest absolute Gasteiger partial charge is 0.188 e. The first-order valence-corrected chi connectivity index (χ1v) is 7.72. The molecule has 1 aliphatic rings. The molecule has 0 aromatic carbocycles. The molecule has 0 unspecified atom stereocenters. The average molecular weight is 296 g/mol. The summed E-state index contributed by atoms with van der Waals surface area (Å²) in [7, 11) is 1.91. The van der Waals surface area contributed by atoms with Gasteiger partial charge in [-0.1, -0.05) is 11.3 Å². The van der Waals surface area contributed by atoms with Crippen LogP contribution < -0.4 is 4.90 Å². The topological polar surface area (TPSA) is 74.4 Å². The first kappa shape index (κ1) is 13.8. The van der Waals surface area contributed by atoms with E-state index in [0.29, 0.717) is 12.8 Å². The monoisotopic (exact) mass is 296 g/mol. The lowest BCUT2D eigenvalue weighted by Gasteiger charge is -2.24. The lowest BCUT2D eigenvalue weighted by atomic mass is 9.96. The van der Waals surface area contributed by atoms with Crippen LogP contribution in [0.1, 0.15) is 25.0 Å². The zero-order valence-electron chi connectivity index (χ0n) is 11.8. The summed E-state index contributed by atoms with van der Waals surface area (Å²) in [6, 6.07) is 0. The predicted octanol–water partition coefficient (Wildman–Crippen LogP) is 1.05. The quantitative estimate of drug-likeness (QED) is 0.866. The van der Waals surface area contributed by atoms with E-state index in [0.717, 1.165) is 40.7 Å². The maximum Gasteiger partial charge on any atom is 0.188 e. The Balaban J connectivity index is 1.86. The van der Waals surface area contributed by atoms with Crippen molar-refractivity contribution in [3.63, 3.8) is 0 Å². The summed E-state index contributed by atoms with van der Waals surface area (Å²) in [6.45, 7) is 3.43. The highest BCUT2D eigenvalue weighted by Crippen LogP contribution is 2.33. The number of aromatic nitrogens is 3. The Morgan fingerprint density at radius 3 is 2.85 bits per heavy atom. The number of aliphatic hydroxyl groups excluding tert-OH is 1. The van der Waals surface area contributed by atoms with E-state index in [1.807, 2.05) is 18.7 Å². The zero-order chi connectivity index (χ0) is 14.3. The number of aryl methyl sites for hydroxylation is 2. The number of anilines is 1. The van der Waals surface area contributed by atoms with Gasteiger partial charge in [0.25, 0.3) is 0 Å².